The van der Waals surface area contributed by atoms with Gasteiger partial charge in [0, 0.05) is 30.6 Å². The molecule has 6 nitrogen and oxygen atoms in total. The van der Waals surface area contributed by atoms with Crippen LogP contribution in [-0.4, -0.2) is 45.0 Å². The van der Waals surface area contributed by atoms with Gasteiger partial charge < -0.3 is 9.47 Å². The Bertz CT molecular complexity index is 1070. The van der Waals surface area contributed by atoms with E-state index in [2.05, 4.69) is 0 Å². The first-order chi connectivity index (χ1) is 13.9. The minimum atomic E-state index is -3.44. The molecule has 0 unspecified atom stereocenters. The normalized spacial score (nSPS) is 11.6. The number of sulfonamides is 1. The number of aromatic nitrogens is 1. The second-order valence-corrected chi connectivity index (χ2v) is 9.39. The zero-order valence-electron chi connectivity index (χ0n) is 16.9. The highest BCUT2D eigenvalue weighted by Crippen LogP contribution is 2.35. The van der Waals surface area contributed by atoms with Crippen molar-refractivity contribution < 1.29 is 17.9 Å². The Balaban J connectivity index is 1.88. The van der Waals surface area contributed by atoms with Crippen LogP contribution < -0.4 is 9.47 Å². The molecule has 0 radical (unpaired) electrons. The highest BCUT2D eigenvalue weighted by atomic mass is 32.2. The van der Waals surface area contributed by atoms with Crippen molar-refractivity contribution in [3.63, 3.8) is 0 Å². The molecule has 1 aromatic heterocycles. The molecule has 0 amide bonds. The first-order valence-corrected chi connectivity index (χ1v) is 11.6. The fourth-order valence-electron chi connectivity index (χ4n) is 2.73. The molecule has 0 aliphatic carbocycles. The summed E-state index contributed by atoms with van der Waals surface area (Å²) in [6, 6.07) is 12.6. The third kappa shape index (κ3) is 4.60. The van der Waals surface area contributed by atoms with Crippen LogP contribution in [0.15, 0.2) is 52.7 Å². The van der Waals surface area contributed by atoms with Gasteiger partial charge in [0.05, 0.1) is 23.8 Å². The number of hydrogen-bond donors (Lipinski definition) is 0. The topological polar surface area (TPSA) is 68.7 Å². The van der Waals surface area contributed by atoms with Crippen molar-refractivity contribution in [1.29, 1.82) is 0 Å². The summed E-state index contributed by atoms with van der Waals surface area (Å²) in [6.45, 7) is 4.99. The van der Waals surface area contributed by atoms with Gasteiger partial charge in [-0.1, -0.05) is 12.1 Å². The van der Waals surface area contributed by atoms with Crippen molar-refractivity contribution in [2.75, 3.05) is 27.3 Å². The van der Waals surface area contributed by atoms with Gasteiger partial charge in [-0.3, -0.25) is 0 Å². The lowest BCUT2D eigenvalue weighted by molar-refractivity contribution is 0.288. The number of ether oxygens (including phenoxy) is 2. The number of nitrogens with zero attached hydrogens (tertiary/aromatic N) is 2. The summed E-state index contributed by atoms with van der Waals surface area (Å²) in [5.74, 6) is 1.41. The summed E-state index contributed by atoms with van der Waals surface area (Å²) in [4.78, 5) is 4.98. The van der Waals surface area contributed by atoms with Crippen molar-refractivity contribution in [3.05, 3.63) is 47.8 Å². The Hall–Kier alpha value is -2.42. The minimum absolute atomic E-state index is 0.259. The highest BCUT2D eigenvalue weighted by molar-refractivity contribution is 7.89. The quantitative estimate of drug-likeness (QED) is 0.523. The molecule has 154 valence electrons. The van der Waals surface area contributed by atoms with Crippen LogP contribution in [0.2, 0.25) is 0 Å². The Labute approximate surface area is 175 Å². The first kappa shape index (κ1) is 21.3. The number of hydrogen-bond acceptors (Lipinski definition) is 6. The monoisotopic (exact) mass is 432 g/mol. The van der Waals surface area contributed by atoms with E-state index in [9.17, 15) is 8.42 Å². The van der Waals surface area contributed by atoms with Gasteiger partial charge in [-0.05, 0) is 44.2 Å². The molecule has 2 aromatic carbocycles. The zero-order chi connectivity index (χ0) is 21.0. The van der Waals surface area contributed by atoms with Crippen LogP contribution in [0.3, 0.4) is 0 Å². The molecule has 0 fully saturated rings. The fourth-order valence-corrected chi connectivity index (χ4v) is 4.46. The third-order valence-electron chi connectivity index (χ3n) is 4.22. The van der Waals surface area contributed by atoms with Gasteiger partial charge in [0.15, 0.2) is 11.5 Å². The SMILES string of the molecule is CCOc1ccc(-c2nc(-c3ccc(S(=O)(=O)N(C)C)cc3)cs2)cc1OCC. The molecule has 0 spiro atoms. The molecule has 29 heavy (non-hydrogen) atoms. The Morgan fingerprint density at radius 2 is 1.55 bits per heavy atom. The average Bonchev–Trinajstić information content (AvgIpc) is 3.20. The lowest BCUT2D eigenvalue weighted by atomic mass is 10.2. The largest absolute Gasteiger partial charge is 0.490 e. The van der Waals surface area contributed by atoms with Gasteiger partial charge in [0.2, 0.25) is 10.0 Å². The number of rotatable bonds is 8. The van der Waals surface area contributed by atoms with Gasteiger partial charge in [-0.25, -0.2) is 17.7 Å². The molecule has 0 aliphatic heterocycles. The van der Waals surface area contributed by atoms with Crippen molar-refractivity contribution >= 4 is 21.4 Å². The molecule has 3 rings (SSSR count). The lowest BCUT2D eigenvalue weighted by Gasteiger charge is -2.11. The van der Waals surface area contributed by atoms with Crippen LogP contribution in [0, 0.1) is 0 Å². The van der Waals surface area contributed by atoms with E-state index in [4.69, 9.17) is 14.5 Å². The molecular formula is C21H24N2O4S2. The maximum atomic E-state index is 12.2. The second kappa shape index (κ2) is 8.94. The molecule has 0 atom stereocenters. The molecule has 0 N–H and O–H groups in total. The molecule has 0 saturated carbocycles. The summed E-state index contributed by atoms with van der Waals surface area (Å²) in [5.41, 5.74) is 2.60. The molecule has 1 heterocycles. The van der Waals surface area contributed by atoms with Crippen LogP contribution >= 0.6 is 11.3 Å². The van der Waals surface area contributed by atoms with E-state index in [1.54, 1.807) is 24.3 Å². The third-order valence-corrected chi connectivity index (χ3v) is 6.94. The summed E-state index contributed by atoms with van der Waals surface area (Å²) in [6.07, 6.45) is 0. The predicted octanol–water partition coefficient (Wildman–Crippen LogP) is 4.52. The Kier molecular flexibility index (Phi) is 6.56. The number of benzene rings is 2. The molecule has 0 aliphatic rings. The Morgan fingerprint density at radius 3 is 2.17 bits per heavy atom. The van der Waals surface area contributed by atoms with E-state index >= 15 is 0 Å². The standard InChI is InChI=1S/C21H24N2O4S2/c1-5-26-19-12-9-16(13-20(19)27-6-2)21-22-18(14-28-21)15-7-10-17(11-8-15)29(24,25)23(3)4/h7-14H,5-6H2,1-4H3. The molecule has 8 heteroatoms. The van der Waals surface area contributed by atoms with Gasteiger partial charge in [-0.15, -0.1) is 11.3 Å². The summed E-state index contributed by atoms with van der Waals surface area (Å²) >= 11 is 1.52. The van der Waals surface area contributed by atoms with Crippen molar-refractivity contribution in [3.8, 4) is 33.3 Å². The molecule has 0 bridgehead atoms. The summed E-state index contributed by atoms with van der Waals surface area (Å²) in [7, 11) is -0.409. The zero-order valence-corrected chi connectivity index (χ0v) is 18.5. The van der Waals surface area contributed by atoms with E-state index in [1.165, 1.54) is 29.7 Å². The first-order valence-electron chi connectivity index (χ1n) is 9.25. The summed E-state index contributed by atoms with van der Waals surface area (Å²) < 4.78 is 37.0. The lowest BCUT2D eigenvalue weighted by Crippen LogP contribution is -2.22. The van der Waals surface area contributed by atoms with Gasteiger partial charge in [0.25, 0.3) is 0 Å². The van der Waals surface area contributed by atoms with Crippen molar-refractivity contribution in [2.45, 2.75) is 18.7 Å². The Morgan fingerprint density at radius 1 is 0.931 bits per heavy atom. The van der Waals surface area contributed by atoms with Gasteiger partial charge in [-0.2, -0.15) is 0 Å². The van der Waals surface area contributed by atoms with E-state index in [0.29, 0.717) is 24.7 Å². The van der Waals surface area contributed by atoms with Gasteiger partial charge >= 0.3 is 0 Å². The van der Waals surface area contributed by atoms with Gasteiger partial charge in [0.1, 0.15) is 5.01 Å². The van der Waals surface area contributed by atoms with Crippen LogP contribution in [0.4, 0.5) is 0 Å². The fraction of sp³-hybridized carbons (Fsp3) is 0.286. The van der Waals surface area contributed by atoms with Crippen LogP contribution in [0.1, 0.15) is 13.8 Å². The highest BCUT2D eigenvalue weighted by Gasteiger charge is 2.17. The van der Waals surface area contributed by atoms with E-state index < -0.39 is 10.0 Å². The van der Waals surface area contributed by atoms with Crippen LogP contribution in [0.5, 0.6) is 11.5 Å². The molecular weight excluding hydrogens is 408 g/mol. The van der Waals surface area contributed by atoms with Crippen molar-refractivity contribution in [2.24, 2.45) is 0 Å². The molecule has 0 saturated heterocycles. The molecule has 3 aromatic rings. The maximum absolute atomic E-state index is 12.2. The second-order valence-electron chi connectivity index (χ2n) is 6.38. The van der Waals surface area contributed by atoms with Crippen LogP contribution in [0.25, 0.3) is 21.8 Å². The van der Waals surface area contributed by atoms with Crippen LogP contribution in [-0.2, 0) is 10.0 Å². The maximum Gasteiger partial charge on any atom is 0.242 e. The van der Waals surface area contributed by atoms with E-state index in [0.717, 1.165) is 21.8 Å². The minimum Gasteiger partial charge on any atom is -0.490 e. The van der Waals surface area contributed by atoms with Crippen molar-refractivity contribution in [1.82, 2.24) is 9.29 Å². The van der Waals surface area contributed by atoms with E-state index in [-0.39, 0.29) is 4.90 Å². The predicted molar refractivity (Wildman–Crippen MR) is 116 cm³/mol. The average molecular weight is 433 g/mol. The van der Waals surface area contributed by atoms with E-state index in [1.807, 2.05) is 37.4 Å². The number of thiazole rings is 1. The smallest absolute Gasteiger partial charge is 0.242 e. The summed E-state index contributed by atoms with van der Waals surface area (Å²) in [5, 5.41) is 2.82.